The Morgan fingerprint density at radius 2 is 2.28 bits per heavy atom. The van der Waals surface area contributed by atoms with Crippen molar-refractivity contribution >= 4 is 22.6 Å². The van der Waals surface area contributed by atoms with Crippen LogP contribution in [0.2, 0.25) is 0 Å². The van der Waals surface area contributed by atoms with Crippen LogP contribution in [-0.2, 0) is 0 Å². The second-order valence-corrected chi connectivity index (χ2v) is 6.74. The Morgan fingerprint density at radius 1 is 1.44 bits per heavy atom. The van der Waals surface area contributed by atoms with Crippen LogP contribution in [0.1, 0.15) is 50.5 Å². The molecule has 3 heteroatoms. The predicted octanol–water partition coefficient (Wildman–Crippen LogP) is 4.88. The molecule has 0 saturated heterocycles. The van der Waals surface area contributed by atoms with E-state index in [1.54, 1.807) is 0 Å². The number of hydrogen-bond donors (Lipinski definition) is 0. The summed E-state index contributed by atoms with van der Waals surface area (Å²) in [6, 6.07) is 3.42. The highest BCUT2D eigenvalue weighted by molar-refractivity contribution is 14.1. The lowest BCUT2D eigenvalue weighted by atomic mass is 9.61. The Kier molecular flexibility index (Phi) is 3.28. The average Bonchev–Trinajstić information content (AvgIpc) is 2.42. The minimum absolute atomic E-state index is 0.194. The first-order valence-electron chi connectivity index (χ1n) is 6.78. The molecule has 0 amide bonds. The van der Waals surface area contributed by atoms with Gasteiger partial charge in [0.15, 0.2) is 11.6 Å². The molecule has 1 aromatic rings. The van der Waals surface area contributed by atoms with E-state index in [1.807, 2.05) is 6.07 Å². The lowest BCUT2D eigenvalue weighted by molar-refractivity contribution is 0.0426. The minimum atomic E-state index is -0.194. The van der Waals surface area contributed by atoms with E-state index < -0.39 is 0 Å². The molecule has 1 aliphatic heterocycles. The van der Waals surface area contributed by atoms with Gasteiger partial charge in [0.05, 0.1) is 6.61 Å². The summed E-state index contributed by atoms with van der Waals surface area (Å²) in [4.78, 5) is 0. The molecular formula is C15H18FIO. The number of benzene rings is 1. The molecule has 1 unspecified atom stereocenters. The monoisotopic (exact) mass is 360 g/mol. The van der Waals surface area contributed by atoms with Crippen LogP contribution >= 0.6 is 22.6 Å². The highest BCUT2D eigenvalue weighted by atomic mass is 127. The summed E-state index contributed by atoms with van der Waals surface area (Å²) in [6.45, 7) is 2.94. The normalized spacial score (nSPS) is 30.3. The second kappa shape index (κ2) is 4.66. The topological polar surface area (TPSA) is 9.23 Å². The van der Waals surface area contributed by atoms with Crippen molar-refractivity contribution in [3.05, 3.63) is 27.1 Å². The van der Waals surface area contributed by atoms with E-state index in [2.05, 4.69) is 29.5 Å². The molecule has 18 heavy (non-hydrogen) atoms. The Balaban J connectivity index is 2.14. The Morgan fingerprint density at radius 3 is 3.06 bits per heavy atom. The predicted molar refractivity (Wildman–Crippen MR) is 78.5 cm³/mol. The summed E-state index contributed by atoms with van der Waals surface area (Å²) in [5, 5.41) is 0. The van der Waals surface area contributed by atoms with Crippen molar-refractivity contribution < 1.29 is 9.13 Å². The van der Waals surface area contributed by atoms with E-state index in [0.29, 0.717) is 18.3 Å². The molecule has 3 rings (SSSR count). The summed E-state index contributed by atoms with van der Waals surface area (Å²) in [7, 11) is 0. The number of rotatable bonds is 1. The third-order valence-electron chi connectivity index (χ3n) is 4.81. The molecule has 1 heterocycles. The molecule has 0 bridgehead atoms. The Hall–Kier alpha value is -0.320. The first-order chi connectivity index (χ1) is 8.68. The molecule has 0 radical (unpaired) electrons. The van der Waals surface area contributed by atoms with Crippen LogP contribution in [0.4, 0.5) is 4.39 Å². The van der Waals surface area contributed by atoms with Crippen LogP contribution in [0.3, 0.4) is 0 Å². The molecule has 1 aromatic carbocycles. The largest absolute Gasteiger partial charge is 0.490 e. The first kappa shape index (κ1) is 12.7. The van der Waals surface area contributed by atoms with Crippen molar-refractivity contribution in [1.29, 1.82) is 0 Å². The van der Waals surface area contributed by atoms with Crippen molar-refractivity contribution in [3.8, 4) is 5.75 Å². The number of fused-ring (bicyclic) bond motifs is 3. The Bertz CT molecular complexity index is 474. The fraction of sp³-hybridized carbons (Fsp3) is 0.600. The van der Waals surface area contributed by atoms with Gasteiger partial charge in [0.2, 0.25) is 0 Å². The fourth-order valence-corrected chi connectivity index (χ4v) is 4.49. The molecule has 1 fully saturated rings. The van der Waals surface area contributed by atoms with Crippen LogP contribution in [0, 0.1) is 14.8 Å². The highest BCUT2D eigenvalue weighted by Gasteiger charge is 2.46. The van der Waals surface area contributed by atoms with Gasteiger partial charge in [0.1, 0.15) is 0 Å². The summed E-state index contributed by atoms with van der Waals surface area (Å²) in [6.07, 6.45) is 6.08. The van der Waals surface area contributed by atoms with Gasteiger partial charge in [-0.2, -0.15) is 0 Å². The summed E-state index contributed by atoms with van der Waals surface area (Å²) >= 11 is 2.33. The maximum absolute atomic E-state index is 13.9. The molecular weight excluding hydrogens is 342 g/mol. The van der Waals surface area contributed by atoms with Gasteiger partial charge in [0, 0.05) is 14.5 Å². The number of ether oxygens (including phenoxy) is 1. The highest BCUT2D eigenvalue weighted by Crippen LogP contribution is 2.55. The molecule has 0 aromatic heterocycles. The first-order valence-corrected chi connectivity index (χ1v) is 7.86. The van der Waals surface area contributed by atoms with Crippen LogP contribution < -0.4 is 4.74 Å². The van der Waals surface area contributed by atoms with Crippen molar-refractivity contribution in [2.24, 2.45) is 5.41 Å². The molecule has 2 atom stereocenters. The van der Waals surface area contributed by atoms with E-state index in [4.69, 9.17) is 4.74 Å². The van der Waals surface area contributed by atoms with Crippen LogP contribution in [0.5, 0.6) is 5.75 Å². The molecule has 2 aliphatic rings. The maximum atomic E-state index is 13.9. The van der Waals surface area contributed by atoms with Crippen LogP contribution in [0.25, 0.3) is 0 Å². The fourth-order valence-electron chi connectivity index (χ4n) is 3.69. The molecule has 0 N–H and O–H groups in total. The number of hydrogen-bond acceptors (Lipinski definition) is 1. The summed E-state index contributed by atoms with van der Waals surface area (Å²) in [5.74, 6) is 0.821. The molecule has 1 nitrogen and oxygen atoms in total. The third kappa shape index (κ3) is 1.77. The van der Waals surface area contributed by atoms with Gasteiger partial charge >= 0.3 is 0 Å². The molecule has 0 spiro atoms. The van der Waals surface area contributed by atoms with Crippen molar-refractivity contribution in [1.82, 2.24) is 0 Å². The molecule has 98 valence electrons. The average molecular weight is 360 g/mol. The zero-order valence-electron chi connectivity index (χ0n) is 10.6. The zero-order chi connectivity index (χ0) is 12.8. The van der Waals surface area contributed by atoms with E-state index in [1.165, 1.54) is 31.7 Å². The van der Waals surface area contributed by atoms with E-state index in [0.717, 1.165) is 15.6 Å². The van der Waals surface area contributed by atoms with Gasteiger partial charge in [-0.15, -0.1) is 0 Å². The zero-order valence-corrected chi connectivity index (χ0v) is 12.8. The maximum Gasteiger partial charge on any atom is 0.165 e. The third-order valence-corrected chi connectivity index (χ3v) is 5.75. The Labute approximate surface area is 121 Å². The van der Waals surface area contributed by atoms with Gasteiger partial charge in [-0.05, 0) is 59.9 Å². The lowest BCUT2D eigenvalue weighted by Gasteiger charge is -2.47. The van der Waals surface area contributed by atoms with Crippen LogP contribution in [0.15, 0.2) is 12.1 Å². The van der Waals surface area contributed by atoms with Gasteiger partial charge in [-0.25, -0.2) is 4.39 Å². The van der Waals surface area contributed by atoms with E-state index in [9.17, 15) is 4.39 Å². The van der Waals surface area contributed by atoms with E-state index >= 15 is 0 Å². The van der Waals surface area contributed by atoms with E-state index in [-0.39, 0.29) is 11.2 Å². The quantitative estimate of drug-likeness (QED) is 0.649. The molecule has 1 aliphatic carbocycles. The summed E-state index contributed by atoms with van der Waals surface area (Å²) < 4.78 is 20.9. The van der Waals surface area contributed by atoms with Crippen LogP contribution in [-0.4, -0.2) is 6.61 Å². The molecule has 1 saturated carbocycles. The number of halogens is 2. The smallest absolute Gasteiger partial charge is 0.165 e. The standard InChI is InChI=1S/C15H18FIO/c1-2-15-8-4-3-5-10(15)13-12(17)7-6-11(16)14(13)18-9-15/h6-7,10H,2-5,8-9H2,1H3/t10?,15-/m1/s1. The minimum Gasteiger partial charge on any atom is -0.490 e. The lowest BCUT2D eigenvalue weighted by Crippen LogP contribution is -2.41. The van der Waals surface area contributed by atoms with Gasteiger partial charge < -0.3 is 4.74 Å². The summed E-state index contributed by atoms with van der Waals surface area (Å²) in [5.41, 5.74) is 1.39. The van der Waals surface area contributed by atoms with Crippen molar-refractivity contribution in [2.45, 2.75) is 44.9 Å². The van der Waals surface area contributed by atoms with Crippen molar-refractivity contribution in [3.63, 3.8) is 0 Å². The van der Waals surface area contributed by atoms with Gasteiger partial charge in [-0.3, -0.25) is 0 Å². The van der Waals surface area contributed by atoms with Crippen molar-refractivity contribution in [2.75, 3.05) is 6.61 Å². The van der Waals surface area contributed by atoms with Gasteiger partial charge in [0.25, 0.3) is 0 Å². The van der Waals surface area contributed by atoms with Gasteiger partial charge in [-0.1, -0.05) is 19.8 Å². The SMILES string of the molecule is CC[C@]12CCCCC1c1c(I)ccc(F)c1OC2. The second-order valence-electron chi connectivity index (χ2n) is 5.57.